The number of thiophene rings is 1. The third-order valence-electron chi connectivity index (χ3n) is 5.01. The average Bonchev–Trinajstić information content (AvgIpc) is 3.02. The lowest BCUT2D eigenvalue weighted by atomic mass is 9.96. The van der Waals surface area contributed by atoms with Crippen molar-refractivity contribution in [2.24, 2.45) is 0 Å². The number of anilines is 1. The molecule has 0 amide bonds. The van der Waals surface area contributed by atoms with E-state index in [1.165, 1.54) is 17.7 Å². The second-order valence-electron chi connectivity index (χ2n) is 6.96. The van der Waals surface area contributed by atoms with Crippen molar-refractivity contribution in [3.05, 3.63) is 45.8 Å². The monoisotopic (exact) mass is 432 g/mol. The van der Waals surface area contributed by atoms with Gasteiger partial charge in [-0.3, -0.25) is 0 Å². The summed E-state index contributed by atoms with van der Waals surface area (Å²) in [7, 11) is 1.66. The number of hydrogen-bond donors (Lipinski definition) is 2. The van der Waals surface area contributed by atoms with Crippen molar-refractivity contribution < 1.29 is 14.3 Å². The summed E-state index contributed by atoms with van der Waals surface area (Å²) in [5.41, 5.74) is 2.82. The van der Waals surface area contributed by atoms with Gasteiger partial charge in [0, 0.05) is 17.0 Å². The normalized spacial score (nSPS) is 13.6. The van der Waals surface area contributed by atoms with Crippen molar-refractivity contribution >= 4 is 39.6 Å². The molecule has 0 saturated carbocycles. The minimum Gasteiger partial charge on any atom is -0.496 e. The molecule has 29 heavy (non-hydrogen) atoms. The van der Waals surface area contributed by atoms with E-state index in [1.807, 2.05) is 31.2 Å². The van der Waals surface area contributed by atoms with Gasteiger partial charge in [-0.25, -0.2) is 4.79 Å². The van der Waals surface area contributed by atoms with E-state index in [4.69, 9.17) is 21.7 Å². The Morgan fingerprint density at radius 1 is 1.17 bits per heavy atom. The van der Waals surface area contributed by atoms with Crippen molar-refractivity contribution in [2.45, 2.75) is 52.0 Å². The number of esters is 1. The van der Waals surface area contributed by atoms with Crippen LogP contribution in [-0.2, 0) is 24.1 Å². The number of carbonyl (C=O) groups is 1. The molecule has 0 spiro atoms. The van der Waals surface area contributed by atoms with Crippen LogP contribution in [0.5, 0.6) is 5.75 Å². The molecule has 0 radical (unpaired) electrons. The lowest BCUT2D eigenvalue weighted by Crippen LogP contribution is -2.28. The van der Waals surface area contributed by atoms with E-state index < -0.39 is 0 Å². The molecule has 1 aliphatic rings. The standard InChI is InChI=1S/C22H28N2O3S2/c1-3-27-21(25)19-16-11-6-4-5-7-13-18(16)29-20(19)24-22(28)23-14-15-10-8-9-12-17(15)26-2/h8-10,12H,3-7,11,13-14H2,1-2H3,(H2,23,24,28). The van der Waals surface area contributed by atoms with Crippen LogP contribution in [-0.4, -0.2) is 24.8 Å². The van der Waals surface area contributed by atoms with Gasteiger partial charge in [0.05, 0.1) is 19.3 Å². The molecule has 1 aromatic heterocycles. The Kier molecular flexibility index (Phi) is 7.89. The summed E-state index contributed by atoms with van der Waals surface area (Å²) in [6.45, 7) is 2.73. The fourth-order valence-electron chi connectivity index (χ4n) is 3.60. The highest BCUT2D eigenvalue weighted by atomic mass is 32.1. The number of para-hydroxylation sites is 1. The Morgan fingerprint density at radius 2 is 1.93 bits per heavy atom. The summed E-state index contributed by atoms with van der Waals surface area (Å²) < 4.78 is 10.7. The highest BCUT2D eigenvalue weighted by Crippen LogP contribution is 2.37. The summed E-state index contributed by atoms with van der Waals surface area (Å²) in [5.74, 6) is 0.551. The van der Waals surface area contributed by atoms with Gasteiger partial charge < -0.3 is 20.1 Å². The van der Waals surface area contributed by atoms with Gasteiger partial charge in [0.1, 0.15) is 10.8 Å². The molecular formula is C22H28N2O3S2. The number of thiocarbonyl (C=S) groups is 1. The molecule has 5 nitrogen and oxygen atoms in total. The Labute approximate surface area is 181 Å². The predicted octanol–water partition coefficient (Wildman–Crippen LogP) is 5.08. The number of hydrogen-bond acceptors (Lipinski definition) is 5. The molecule has 1 heterocycles. The zero-order valence-electron chi connectivity index (χ0n) is 17.0. The summed E-state index contributed by atoms with van der Waals surface area (Å²) in [4.78, 5) is 14.0. The van der Waals surface area contributed by atoms with Gasteiger partial charge in [0.2, 0.25) is 0 Å². The van der Waals surface area contributed by atoms with E-state index >= 15 is 0 Å². The largest absolute Gasteiger partial charge is 0.496 e. The SMILES string of the molecule is CCOC(=O)c1c(NC(=S)NCc2ccccc2OC)sc2c1CCCCCC2. The van der Waals surface area contributed by atoms with Gasteiger partial charge in [-0.15, -0.1) is 11.3 Å². The summed E-state index contributed by atoms with van der Waals surface area (Å²) in [6.07, 6.45) is 6.64. The van der Waals surface area contributed by atoms with Crippen molar-refractivity contribution in [1.29, 1.82) is 0 Å². The molecule has 1 aromatic carbocycles. The lowest BCUT2D eigenvalue weighted by Gasteiger charge is -2.13. The number of aryl methyl sites for hydroxylation is 1. The second kappa shape index (κ2) is 10.6. The highest BCUT2D eigenvalue weighted by Gasteiger charge is 2.25. The Morgan fingerprint density at radius 3 is 2.69 bits per heavy atom. The highest BCUT2D eigenvalue weighted by molar-refractivity contribution is 7.80. The molecule has 0 aliphatic heterocycles. The fraction of sp³-hybridized carbons (Fsp3) is 0.455. The van der Waals surface area contributed by atoms with E-state index in [1.54, 1.807) is 18.4 Å². The molecule has 2 N–H and O–H groups in total. The molecule has 2 aromatic rings. The first-order valence-electron chi connectivity index (χ1n) is 10.1. The number of fused-ring (bicyclic) bond motifs is 1. The van der Waals surface area contributed by atoms with Gasteiger partial charge in [-0.2, -0.15) is 0 Å². The number of methoxy groups -OCH3 is 1. The number of rotatable bonds is 6. The van der Waals surface area contributed by atoms with Gasteiger partial charge in [-0.05, 0) is 56.5 Å². The maximum Gasteiger partial charge on any atom is 0.341 e. The van der Waals surface area contributed by atoms with Crippen LogP contribution in [0.1, 0.15) is 59.0 Å². The molecule has 156 valence electrons. The lowest BCUT2D eigenvalue weighted by molar-refractivity contribution is 0.0526. The first kappa shape index (κ1) is 21.6. The molecular weight excluding hydrogens is 404 g/mol. The van der Waals surface area contributed by atoms with Crippen LogP contribution in [0.15, 0.2) is 24.3 Å². The van der Waals surface area contributed by atoms with Crippen LogP contribution in [0.2, 0.25) is 0 Å². The number of carbonyl (C=O) groups excluding carboxylic acids is 1. The molecule has 0 saturated heterocycles. The molecule has 1 aliphatic carbocycles. The minimum atomic E-state index is -0.263. The van der Waals surface area contributed by atoms with E-state index in [9.17, 15) is 4.79 Å². The van der Waals surface area contributed by atoms with Gasteiger partial charge in [-0.1, -0.05) is 31.0 Å². The molecule has 7 heteroatoms. The van der Waals surface area contributed by atoms with Gasteiger partial charge in [0.25, 0.3) is 0 Å². The number of ether oxygens (including phenoxy) is 2. The molecule has 3 rings (SSSR count). The Balaban J connectivity index is 1.77. The topological polar surface area (TPSA) is 59.6 Å². The van der Waals surface area contributed by atoms with E-state index in [0.717, 1.165) is 47.6 Å². The van der Waals surface area contributed by atoms with Crippen LogP contribution >= 0.6 is 23.6 Å². The quantitative estimate of drug-likeness (QED) is 0.490. The third-order valence-corrected chi connectivity index (χ3v) is 6.46. The van der Waals surface area contributed by atoms with Crippen LogP contribution in [0.4, 0.5) is 5.00 Å². The first-order chi connectivity index (χ1) is 14.1. The van der Waals surface area contributed by atoms with Gasteiger partial charge in [0.15, 0.2) is 5.11 Å². The van der Waals surface area contributed by atoms with E-state index in [0.29, 0.717) is 23.8 Å². The van der Waals surface area contributed by atoms with Crippen molar-refractivity contribution in [3.8, 4) is 5.75 Å². The maximum absolute atomic E-state index is 12.7. The van der Waals surface area contributed by atoms with E-state index in [2.05, 4.69) is 10.6 Å². The van der Waals surface area contributed by atoms with Crippen molar-refractivity contribution in [2.75, 3.05) is 19.0 Å². The Bertz CT molecular complexity index is 864. The van der Waals surface area contributed by atoms with Crippen molar-refractivity contribution in [1.82, 2.24) is 5.32 Å². The van der Waals surface area contributed by atoms with Gasteiger partial charge >= 0.3 is 5.97 Å². The fourth-order valence-corrected chi connectivity index (χ4v) is 5.12. The van der Waals surface area contributed by atoms with E-state index in [-0.39, 0.29) is 5.97 Å². The Hall–Kier alpha value is -2.12. The third kappa shape index (κ3) is 5.48. The summed E-state index contributed by atoms with van der Waals surface area (Å²) in [6, 6.07) is 7.82. The molecule has 0 atom stereocenters. The number of benzene rings is 1. The predicted molar refractivity (Wildman–Crippen MR) is 122 cm³/mol. The minimum absolute atomic E-state index is 0.263. The summed E-state index contributed by atoms with van der Waals surface area (Å²) >= 11 is 7.14. The smallest absolute Gasteiger partial charge is 0.341 e. The van der Waals surface area contributed by atoms with Crippen LogP contribution < -0.4 is 15.4 Å². The zero-order valence-corrected chi connectivity index (χ0v) is 18.6. The average molecular weight is 433 g/mol. The molecule has 0 fully saturated rings. The van der Waals surface area contributed by atoms with Crippen LogP contribution in [0, 0.1) is 0 Å². The summed E-state index contributed by atoms with van der Waals surface area (Å²) in [5, 5.41) is 7.74. The van der Waals surface area contributed by atoms with Crippen molar-refractivity contribution in [3.63, 3.8) is 0 Å². The first-order valence-corrected chi connectivity index (χ1v) is 11.3. The van der Waals surface area contributed by atoms with Crippen LogP contribution in [0.25, 0.3) is 0 Å². The van der Waals surface area contributed by atoms with Crippen LogP contribution in [0.3, 0.4) is 0 Å². The maximum atomic E-state index is 12.7. The molecule has 0 bridgehead atoms. The molecule has 0 unspecified atom stereocenters. The number of nitrogens with one attached hydrogen (secondary N) is 2. The zero-order chi connectivity index (χ0) is 20.6. The second-order valence-corrected chi connectivity index (χ2v) is 8.48.